The van der Waals surface area contributed by atoms with Crippen LogP contribution < -0.4 is 0 Å². The topological polar surface area (TPSA) is 70.4 Å². The van der Waals surface area contributed by atoms with E-state index in [1.807, 2.05) is 0 Å². The second-order valence-electron chi connectivity index (χ2n) is 2.99. The van der Waals surface area contributed by atoms with Crippen LogP contribution in [0.25, 0.3) is 5.76 Å². The largest absolute Gasteiger partial charge is 0.506 e. The molecule has 1 rings (SSSR count). The maximum absolute atomic E-state index is 11.4. The van der Waals surface area contributed by atoms with Gasteiger partial charge in [0.2, 0.25) is 0 Å². The van der Waals surface area contributed by atoms with Crippen molar-refractivity contribution in [2.45, 2.75) is 6.92 Å². The van der Waals surface area contributed by atoms with Crippen molar-refractivity contribution in [1.82, 2.24) is 0 Å². The zero-order valence-corrected chi connectivity index (χ0v) is 8.93. The molecule has 0 bridgehead atoms. The van der Waals surface area contributed by atoms with Crippen LogP contribution in [0.3, 0.4) is 0 Å². The van der Waals surface area contributed by atoms with Gasteiger partial charge in [0.1, 0.15) is 11.3 Å². The maximum atomic E-state index is 11.4. The molecule has 16 heavy (non-hydrogen) atoms. The van der Waals surface area contributed by atoms with Gasteiger partial charge in [-0.15, -0.1) is 0 Å². The number of carbonyl (C=O) groups excluding carboxylic acids is 1. The summed E-state index contributed by atoms with van der Waals surface area (Å²) in [5.41, 5.74) is 0.335. The SMILES string of the molecule is CCOC(=O)/C(C=N)=C(/O)c1ccccc1. The molecule has 0 fully saturated rings. The second kappa shape index (κ2) is 5.70. The molecule has 84 valence electrons. The van der Waals surface area contributed by atoms with Gasteiger partial charge in [-0.3, -0.25) is 0 Å². The van der Waals surface area contributed by atoms with Gasteiger partial charge in [-0.2, -0.15) is 0 Å². The van der Waals surface area contributed by atoms with Crippen molar-refractivity contribution in [3.63, 3.8) is 0 Å². The maximum Gasteiger partial charge on any atom is 0.343 e. The summed E-state index contributed by atoms with van der Waals surface area (Å²) in [6.07, 6.45) is 0.792. The summed E-state index contributed by atoms with van der Waals surface area (Å²) in [6, 6.07) is 8.57. The van der Waals surface area contributed by atoms with Crippen LogP contribution in [0.4, 0.5) is 0 Å². The van der Waals surface area contributed by atoms with E-state index in [1.165, 1.54) is 0 Å². The number of aliphatic hydroxyl groups is 1. The van der Waals surface area contributed by atoms with Gasteiger partial charge in [-0.05, 0) is 6.92 Å². The van der Waals surface area contributed by atoms with Crippen LogP contribution >= 0.6 is 0 Å². The highest BCUT2D eigenvalue weighted by molar-refractivity contribution is 6.14. The standard InChI is InChI=1S/C12H13NO3/c1-2-16-12(15)10(8-13)11(14)9-6-4-3-5-7-9/h3-8,13-14H,2H2,1H3/b11-10+,13-8?. The summed E-state index contributed by atoms with van der Waals surface area (Å²) in [6.45, 7) is 1.87. The van der Waals surface area contributed by atoms with Crippen molar-refractivity contribution >= 4 is 17.9 Å². The van der Waals surface area contributed by atoms with Crippen LogP contribution in [0.2, 0.25) is 0 Å². The van der Waals surface area contributed by atoms with Crippen LogP contribution in [0, 0.1) is 5.41 Å². The number of aliphatic hydroxyl groups excluding tert-OH is 1. The Labute approximate surface area is 93.7 Å². The van der Waals surface area contributed by atoms with E-state index >= 15 is 0 Å². The summed E-state index contributed by atoms with van der Waals surface area (Å²) in [5, 5.41) is 16.9. The first-order valence-electron chi connectivity index (χ1n) is 4.87. The molecule has 1 aromatic rings. The van der Waals surface area contributed by atoms with Crippen molar-refractivity contribution in [3.8, 4) is 0 Å². The highest BCUT2D eigenvalue weighted by Gasteiger charge is 2.14. The number of rotatable bonds is 4. The van der Waals surface area contributed by atoms with Gasteiger partial charge in [0.25, 0.3) is 0 Å². The molecule has 0 saturated carbocycles. The normalized spacial score (nSPS) is 11.6. The summed E-state index contributed by atoms with van der Waals surface area (Å²) in [7, 11) is 0. The smallest absolute Gasteiger partial charge is 0.343 e. The van der Waals surface area contributed by atoms with E-state index in [0.29, 0.717) is 5.56 Å². The number of benzene rings is 1. The van der Waals surface area contributed by atoms with Crippen LogP contribution in [0.1, 0.15) is 12.5 Å². The fourth-order valence-corrected chi connectivity index (χ4v) is 1.18. The zero-order valence-electron chi connectivity index (χ0n) is 8.93. The van der Waals surface area contributed by atoms with Gasteiger partial charge >= 0.3 is 5.97 Å². The Hall–Kier alpha value is -2.10. The molecule has 0 radical (unpaired) electrons. The molecule has 0 unspecified atom stereocenters. The van der Waals surface area contributed by atoms with E-state index in [4.69, 9.17) is 10.1 Å². The second-order valence-corrected chi connectivity index (χ2v) is 2.99. The molecule has 0 heterocycles. The fraction of sp³-hybridized carbons (Fsp3) is 0.167. The highest BCUT2D eigenvalue weighted by Crippen LogP contribution is 2.15. The Morgan fingerprint density at radius 2 is 2.06 bits per heavy atom. The van der Waals surface area contributed by atoms with Crippen LogP contribution in [0.5, 0.6) is 0 Å². The zero-order chi connectivity index (χ0) is 12.0. The van der Waals surface area contributed by atoms with Crippen molar-refractivity contribution in [3.05, 3.63) is 41.5 Å². The molecule has 0 aliphatic carbocycles. The number of carbonyl (C=O) groups is 1. The molecular weight excluding hydrogens is 206 g/mol. The summed E-state index contributed by atoms with van der Waals surface area (Å²) < 4.78 is 4.73. The Bertz CT molecular complexity index is 410. The quantitative estimate of drug-likeness (QED) is 0.353. The summed E-state index contributed by atoms with van der Waals surface area (Å²) in [5.74, 6) is -0.937. The molecule has 0 aromatic heterocycles. The van der Waals surface area contributed by atoms with Crippen molar-refractivity contribution in [2.75, 3.05) is 6.61 Å². The van der Waals surface area contributed by atoms with Crippen LogP contribution in [-0.4, -0.2) is 23.9 Å². The third-order valence-corrected chi connectivity index (χ3v) is 1.94. The number of ether oxygens (including phenoxy) is 1. The predicted octanol–water partition coefficient (Wildman–Crippen LogP) is 2.17. The predicted molar refractivity (Wildman–Crippen MR) is 61.4 cm³/mol. The first-order chi connectivity index (χ1) is 7.70. The molecule has 0 atom stereocenters. The molecule has 0 aliphatic heterocycles. The van der Waals surface area contributed by atoms with E-state index in [1.54, 1.807) is 37.3 Å². The minimum absolute atomic E-state index is 0.145. The monoisotopic (exact) mass is 219 g/mol. The van der Waals surface area contributed by atoms with Gasteiger partial charge in [-0.25, -0.2) is 4.79 Å². The molecule has 0 spiro atoms. The lowest BCUT2D eigenvalue weighted by Gasteiger charge is -2.05. The van der Waals surface area contributed by atoms with Crippen molar-refractivity contribution < 1.29 is 14.6 Å². The molecule has 0 amide bonds. The van der Waals surface area contributed by atoms with Gasteiger partial charge in [0.05, 0.1) is 6.61 Å². The fourth-order valence-electron chi connectivity index (χ4n) is 1.18. The third-order valence-electron chi connectivity index (χ3n) is 1.94. The number of esters is 1. The Kier molecular flexibility index (Phi) is 4.27. The Morgan fingerprint density at radius 1 is 1.44 bits per heavy atom. The molecule has 0 saturated heterocycles. The molecule has 1 aromatic carbocycles. The van der Waals surface area contributed by atoms with E-state index in [9.17, 15) is 9.90 Å². The first kappa shape index (κ1) is 12.0. The first-order valence-corrected chi connectivity index (χ1v) is 4.87. The van der Waals surface area contributed by atoms with E-state index in [-0.39, 0.29) is 17.9 Å². The van der Waals surface area contributed by atoms with Gasteiger partial charge in [0, 0.05) is 11.8 Å². The molecule has 4 nitrogen and oxygen atoms in total. The Morgan fingerprint density at radius 3 is 2.56 bits per heavy atom. The van der Waals surface area contributed by atoms with Crippen LogP contribution in [-0.2, 0) is 9.53 Å². The summed E-state index contributed by atoms with van der Waals surface area (Å²) in [4.78, 5) is 11.4. The van der Waals surface area contributed by atoms with Crippen molar-refractivity contribution in [1.29, 1.82) is 5.41 Å². The highest BCUT2D eigenvalue weighted by atomic mass is 16.5. The van der Waals surface area contributed by atoms with E-state index in [0.717, 1.165) is 6.21 Å². The molecule has 0 aliphatic rings. The summed E-state index contributed by atoms with van der Waals surface area (Å²) >= 11 is 0. The third kappa shape index (κ3) is 2.70. The van der Waals surface area contributed by atoms with Gasteiger partial charge in [0.15, 0.2) is 0 Å². The average Bonchev–Trinajstić information content (AvgIpc) is 2.31. The van der Waals surface area contributed by atoms with E-state index < -0.39 is 5.97 Å². The average molecular weight is 219 g/mol. The number of nitrogens with one attached hydrogen (secondary N) is 1. The minimum atomic E-state index is -0.696. The van der Waals surface area contributed by atoms with Crippen molar-refractivity contribution in [2.24, 2.45) is 0 Å². The molecular formula is C12H13NO3. The molecule has 4 heteroatoms. The number of hydrogen-bond acceptors (Lipinski definition) is 4. The minimum Gasteiger partial charge on any atom is -0.506 e. The van der Waals surface area contributed by atoms with Gasteiger partial charge in [-0.1, -0.05) is 30.3 Å². The lowest BCUT2D eigenvalue weighted by molar-refractivity contribution is -0.137. The molecule has 2 N–H and O–H groups in total. The van der Waals surface area contributed by atoms with E-state index in [2.05, 4.69) is 0 Å². The lowest BCUT2D eigenvalue weighted by atomic mass is 10.1. The van der Waals surface area contributed by atoms with Crippen LogP contribution in [0.15, 0.2) is 35.9 Å². The number of hydrogen-bond donors (Lipinski definition) is 2. The lowest BCUT2D eigenvalue weighted by Crippen LogP contribution is -2.10. The Balaban J connectivity index is 3.09. The van der Waals surface area contributed by atoms with Gasteiger partial charge < -0.3 is 15.3 Å².